The van der Waals surface area contributed by atoms with Gasteiger partial charge in [0.15, 0.2) is 6.10 Å². The van der Waals surface area contributed by atoms with E-state index in [1.54, 1.807) is 77.9 Å². The van der Waals surface area contributed by atoms with E-state index in [1.807, 2.05) is 42.5 Å². The van der Waals surface area contributed by atoms with Crippen molar-refractivity contribution in [3.63, 3.8) is 0 Å². The monoisotopic (exact) mass is 490 g/mol. The van der Waals surface area contributed by atoms with E-state index in [0.29, 0.717) is 17.0 Å². The summed E-state index contributed by atoms with van der Waals surface area (Å²) < 4.78 is 5.52. The van der Waals surface area contributed by atoms with Gasteiger partial charge in [-0.2, -0.15) is 0 Å². The van der Waals surface area contributed by atoms with Crippen molar-refractivity contribution < 1.29 is 24.0 Å². The molecule has 2 aliphatic rings. The zero-order valence-electron chi connectivity index (χ0n) is 19.6. The van der Waals surface area contributed by atoms with Crippen molar-refractivity contribution >= 4 is 29.2 Å². The Hall–Kier alpha value is -4.75. The number of anilines is 2. The molecule has 2 saturated heterocycles. The van der Waals surface area contributed by atoms with E-state index in [0.717, 1.165) is 11.3 Å². The quantitative estimate of drug-likeness (QED) is 0.224. The summed E-state index contributed by atoms with van der Waals surface area (Å²) >= 11 is 0. The largest absolute Gasteiger partial charge is 0.423 e. The number of benzene rings is 4. The van der Waals surface area contributed by atoms with Gasteiger partial charge in [-0.1, -0.05) is 66.7 Å². The van der Waals surface area contributed by atoms with Crippen LogP contribution in [-0.2, 0) is 14.4 Å². The van der Waals surface area contributed by atoms with Crippen molar-refractivity contribution in [2.24, 2.45) is 5.92 Å². The van der Waals surface area contributed by atoms with Gasteiger partial charge in [0.05, 0.1) is 23.0 Å². The number of imide groups is 1. The summed E-state index contributed by atoms with van der Waals surface area (Å²) in [5.41, 5.74) is 2.45. The molecular formula is C30H22N2O5. The highest BCUT2D eigenvalue weighted by atomic mass is 16.7. The first-order valence-electron chi connectivity index (χ1n) is 11.9. The number of amides is 2. The third kappa shape index (κ3) is 4.05. The molecule has 4 aromatic rings. The first-order chi connectivity index (χ1) is 18.1. The number of fused-ring (bicyclic) bond motifs is 1. The number of rotatable bonds is 5. The van der Waals surface area contributed by atoms with Crippen LogP contribution >= 0.6 is 0 Å². The maximum Gasteiger partial charge on any atom is 0.343 e. The Kier molecular flexibility index (Phi) is 5.75. The minimum Gasteiger partial charge on any atom is -0.423 e. The molecule has 0 aliphatic carbocycles. The summed E-state index contributed by atoms with van der Waals surface area (Å²) in [6, 6.07) is 33.4. The lowest BCUT2D eigenvalue weighted by Crippen LogP contribution is -2.37. The number of carbonyl (C=O) groups is 3. The van der Waals surface area contributed by atoms with E-state index in [-0.39, 0.29) is 5.91 Å². The van der Waals surface area contributed by atoms with Gasteiger partial charge in [0.25, 0.3) is 5.91 Å². The standard InChI is InChI=1S/C30H22N2O5/c33-28-25-26(20-16-18-24(19-17-20)36-30(35)21-10-4-1-5-11-21)32(23-14-8-3-9-15-23)37-27(25)29(34)31(28)22-12-6-2-7-13-22/h1-19,25-27H/t25-,26+,27-/m1/s1. The van der Waals surface area contributed by atoms with Gasteiger partial charge in [-0.25, -0.2) is 14.8 Å². The molecule has 0 spiro atoms. The predicted octanol–water partition coefficient (Wildman–Crippen LogP) is 4.96. The minimum atomic E-state index is -0.950. The van der Waals surface area contributed by atoms with Crippen molar-refractivity contribution in [2.45, 2.75) is 12.1 Å². The lowest BCUT2D eigenvalue weighted by atomic mass is 9.90. The Morgan fingerprint density at radius 2 is 1.24 bits per heavy atom. The molecule has 0 radical (unpaired) electrons. The maximum absolute atomic E-state index is 13.7. The van der Waals surface area contributed by atoms with Crippen LogP contribution in [0.25, 0.3) is 0 Å². The van der Waals surface area contributed by atoms with Crippen LogP contribution in [0.5, 0.6) is 5.75 Å². The molecule has 2 amide bonds. The highest BCUT2D eigenvalue weighted by Gasteiger charge is 2.60. The molecule has 2 aliphatic heterocycles. The van der Waals surface area contributed by atoms with E-state index in [4.69, 9.17) is 9.57 Å². The number of nitrogens with zero attached hydrogens (tertiary/aromatic N) is 2. The lowest BCUT2D eigenvalue weighted by Gasteiger charge is -2.28. The third-order valence-electron chi connectivity index (χ3n) is 6.58. The summed E-state index contributed by atoms with van der Waals surface area (Å²) in [7, 11) is 0. The van der Waals surface area contributed by atoms with Crippen LogP contribution in [0.3, 0.4) is 0 Å². The molecular weight excluding hydrogens is 468 g/mol. The molecule has 0 N–H and O–H groups in total. The molecule has 4 aromatic carbocycles. The van der Waals surface area contributed by atoms with E-state index in [2.05, 4.69) is 0 Å². The fraction of sp³-hybridized carbons (Fsp3) is 0.100. The van der Waals surface area contributed by atoms with Crippen LogP contribution in [0.4, 0.5) is 11.4 Å². The number of esters is 1. The highest BCUT2D eigenvalue weighted by Crippen LogP contribution is 2.47. The number of carbonyl (C=O) groups excluding carboxylic acids is 3. The van der Waals surface area contributed by atoms with Crippen molar-refractivity contribution in [1.29, 1.82) is 0 Å². The van der Waals surface area contributed by atoms with Crippen LogP contribution in [0.2, 0.25) is 0 Å². The average Bonchev–Trinajstić information content (AvgIpc) is 3.46. The second-order valence-electron chi connectivity index (χ2n) is 8.83. The molecule has 7 nitrogen and oxygen atoms in total. The van der Waals surface area contributed by atoms with E-state index >= 15 is 0 Å². The van der Waals surface area contributed by atoms with Gasteiger partial charge in [0.1, 0.15) is 11.7 Å². The minimum absolute atomic E-state index is 0.316. The van der Waals surface area contributed by atoms with Gasteiger partial charge in [0.2, 0.25) is 5.91 Å². The maximum atomic E-state index is 13.7. The second kappa shape index (κ2) is 9.37. The van der Waals surface area contributed by atoms with Crippen LogP contribution in [-0.4, -0.2) is 23.9 Å². The fourth-order valence-corrected chi connectivity index (χ4v) is 4.86. The predicted molar refractivity (Wildman–Crippen MR) is 137 cm³/mol. The zero-order valence-corrected chi connectivity index (χ0v) is 19.6. The molecule has 0 aromatic heterocycles. The Morgan fingerprint density at radius 3 is 1.86 bits per heavy atom. The van der Waals surface area contributed by atoms with Gasteiger partial charge >= 0.3 is 5.97 Å². The van der Waals surface area contributed by atoms with Crippen molar-refractivity contribution in [1.82, 2.24) is 0 Å². The van der Waals surface area contributed by atoms with Crippen LogP contribution in [0, 0.1) is 5.92 Å². The summed E-state index contributed by atoms with van der Waals surface area (Å²) in [6.45, 7) is 0. The molecule has 0 saturated carbocycles. The van der Waals surface area contributed by atoms with Crippen LogP contribution in [0.15, 0.2) is 115 Å². The summed E-state index contributed by atoms with van der Waals surface area (Å²) in [5.74, 6) is -1.54. The SMILES string of the molecule is O=C(Oc1ccc([C@H]2[C@H]3C(=O)N(c4ccccc4)C(=O)[C@@H]3ON2c2ccccc2)cc1)c1ccccc1. The van der Waals surface area contributed by atoms with E-state index in [1.165, 1.54) is 4.90 Å². The van der Waals surface area contributed by atoms with Gasteiger partial charge < -0.3 is 4.74 Å². The van der Waals surface area contributed by atoms with Crippen molar-refractivity contribution in [3.05, 3.63) is 126 Å². The highest BCUT2D eigenvalue weighted by molar-refractivity contribution is 6.23. The molecule has 2 heterocycles. The normalized spacial score (nSPS) is 20.7. The number of ether oxygens (including phenoxy) is 1. The number of hydrogen-bond acceptors (Lipinski definition) is 6. The van der Waals surface area contributed by atoms with Gasteiger partial charge in [-0.3, -0.25) is 14.4 Å². The Labute approximate surface area is 213 Å². The smallest absolute Gasteiger partial charge is 0.343 e. The van der Waals surface area contributed by atoms with E-state index < -0.39 is 29.9 Å². The van der Waals surface area contributed by atoms with Gasteiger partial charge in [-0.05, 0) is 54.1 Å². The molecule has 0 bridgehead atoms. The van der Waals surface area contributed by atoms with Crippen molar-refractivity contribution in [2.75, 3.05) is 9.96 Å². The number of hydrogen-bond donors (Lipinski definition) is 0. The fourth-order valence-electron chi connectivity index (χ4n) is 4.86. The molecule has 7 heteroatoms. The Bertz CT molecular complexity index is 1440. The molecule has 0 unspecified atom stereocenters. The van der Waals surface area contributed by atoms with Gasteiger partial charge in [-0.15, -0.1) is 0 Å². The zero-order chi connectivity index (χ0) is 25.4. The number of hydroxylamine groups is 1. The molecule has 6 rings (SSSR count). The first-order valence-corrected chi connectivity index (χ1v) is 11.9. The molecule has 37 heavy (non-hydrogen) atoms. The number of para-hydroxylation sites is 2. The molecule has 3 atom stereocenters. The average molecular weight is 491 g/mol. The lowest BCUT2D eigenvalue weighted by molar-refractivity contribution is -0.126. The summed E-state index contributed by atoms with van der Waals surface area (Å²) in [4.78, 5) is 46.8. The first kappa shape index (κ1) is 22.7. The summed E-state index contributed by atoms with van der Waals surface area (Å²) in [6.07, 6.45) is -0.950. The Balaban J connectivity index is 1.33. The van der Waals surface area contributed by atoms with E-state index in [9.17, 15) is 14.4 Å². The van der Waals surface area contributed by atoms with Crippen LogP contribution < -0.4 is 14.7 Å². The molecule has 182 valence electrons. The van der Waals surface area contributed by atoms with Crippen molar-refractivity contribution in [3.8, 4) is 5.75 Å². The Morgan fingerprint density at radius 1 is 0.676 bits per heavy atom. The topological polar surface area (TPSA) is 76.2 Å². The van der Waals surface area contributed by atoms with Crippen LogP contribution in [0.1, 0.15) is 22.0 Å². The summed E-state index contributed by atoms with van der Waals surface area (Å²) in [5, 5.41) is 1.64. The third-order valence-corrected chi connectivity index (χ3v) is 6.58. The second-order valence-corrected chi connectivity index (χ2v) is 8.83. The molecule has 2 fully saturated rings. The van der Waals surface area contributed by atoms with Gasteiger partial charge in [0, 0.05) is 0 Å².